The van der Waals surface area contributed by atoms with E-state index in [2.05, 4.69) is 32.7 Å². The molecule has 8 nitrogen and oxygen atoms in total. The Morgan fingerprint density at radius 1 is 0.791 bits per heavy atom. The van der Waals surface area contributed by atoms with Crippen LogP contribution in [0.25, 0.3) is 21.8 Å². The van der Waals surface area contributed by atoms with E-state index >= 15 is 0 Å². The maximum Gasteiger partial charge on any atom is 0.418 e. The lowest BCUT2D eigenvalue weighted by atomic mass is 9.90. The minimum absolute atomic E-state index is 0.272. The van der Waals surface area contributed by atoms with Crippen LogP contribution in [0.1, 0.15) is 89.2 Å². The molecule has 2 heterocycles. The van der Waals surface area contributed by atoms with Crippen molar-refractivity contribution in [3.8, 4) is 0 Å². The molecule has 2 aromatic heterocycles. The van der Waals surface area contributed by atoms with E-state index in [0.29, 0.717) is 24.7 Å². The molecule has 2 aromatic carbocycles. The second-order valence-corrected chi connectivity index (χ2v) is 11.4. The molecule has 43 heavy (non-hydrogen) atoms. The van der Waals surface area contributed by atoms with Crippen LogP contribution in [0.3, 0.4) is 0 Å². The summed E-state index contributed by atoms with van der Waals surface area (Å²) in [4.78, 5) is 39.1. The lowest BCUT2D eigenvalue weighted by Gasteiger charge is -2.16. The number of rotatable bonds is 12. The maximum absolute atomic E-state index is 12.4. The van der Waals surface area contributed by atoms with Crippen molar-refractivity contribution in [3.05, 3.63) is 72.1 Å². The monoisotopic (exact) mass is 590 g/mol. The van der Waals surface area contributed by atoms with Crippen molar-refractivity contribution in [3.63, 3.8) is 0 Å². The fraction of sp³-hybridized carbons (Fsp3) is 0.457. The summed E-state index contributed by atoms with van der Waals surface area (Å²) in [5.41, 5.74) is 3.46. The van der Waals surface area contributed by atoms with Gasteiger partial charge in [-0.15, -0.1) is 0 Å². The van der Waals surface area contributed by atoms with E-state index in [1.165, 1.54) is 18.8 Å². The Hall–Kier alpha value is -4.07. The molecular weight excluding hydrogens is 544 g/mol. The van der Waals surface area contributed by atoms with E-state index in [-0.39, 0.29) is 11.9 Å². The molecule has 4 unspecified atom stereocenters. The van der Waals surface area contributed by atoms with Crippen molar-refractivity contribution in [1.29, 1.82) is 0 Å². The number of aliphatic carboxylic acids is 1. The summed E-state index contributed by atoms with van der Waals surface area (Å²) in [5, 5.41) is 11.4. The smallest absolute Gasteiger partial charge is 0.418 e. The van der Waals surface area contributed by atoms with Crippen molar-refractivity contribution in [2.45, 2.75) is 78.1 Å². The van der Waals surface area contributed by atoms with Gasteiger partial charge in [0.2, 0.25) is 0 Å². The number of esters is 1. The summed E-state index contributed by atoms with van der Waals surface area (Å²) in [7, 11) is 2.75. The third-order valence-electron chi connectivity index (χ3n) is 8.56. The summed E-state index contributed by atoms with van der Waals surface area (Å²) in [6.07, 6.45) is 8.51. The zero-order valence-corrected chi connectivity index (χ0v) is 26.3. The highest BCUT2D eigenvalue weighted by atomic mass is 16.5. The van der Waals surface area contributed by atoms with Crippen molar-refractivity contribution in [2.75, 3.05) is 14.2 Å². The first-order chi connectivity index (χ1) is 20.7. The standard InChI is InChI=1S/C19H25NO4.C16H21NO2/c1-5-13(2)10-11-15(18(21)23-3)16-12-20(19(22)24-4)17-9-7-6-8-14(16)17;1-3-11(2)8-9-13(16(18)19)14-10-17-15-7-5-4-6-12(14)15/h6-9,12-13,15H,5,10-11H2,1-4H3;4-7,10-11,13,17H,3,8-9H2,1-2H3,(H,18,19). The number of nitrogens with one attached hydrogen (secondary N) is 1. The van der Waals surface area contributed by atoms with Crippen LogP contribution < -0.4 is 0 Å². The molecule has 0 saturated heterocycles. The van der Waals surface area contributed by atoms with Gasteiger partial charge in [0.05, 0.1) is 31.6 Å². The van der Waals surface area contributed by atoms with E-state index in [9.17, 15) is 19.5 Å². The Labute approximate surface area is 254 Å². The molecule has 0 radical (unpaired) electrons. The van der Waals surface area contributed by atoms with Gasteiger partial charge >= 0.3 is 18.0 Å². The van der Waals surface area contributed by atoms with Crippen LogP contribution in [-0.2, 0) is 19.1 Å². The number of carbonyl (C=O) groups is 3. The highest BCUT2D eigenvalue weighted by Crippen LogP contribution is 2.33. The SMILES string of the molecule is CCC(C)CCC(C(=O)O)c1c[nH]c2ccccc12.CCC(C)CCC(C(=O)OC)c1cn(C(=O)OC)c2ccccc12. The Balaban J connectivity index is 0.000000242. The largest absolute Gasteiger partial charge is 0.481 e. The lowest BCUT2D eigenvalue weighted by Crippen LogP contribution is -2.15. The number of fused-ring (bicyclic) bond motifs is 2. The first kappa shape index (κ1) is 33.4. The summed E-state index contributed by atoms with van der Waals surface area (Å²) in [6, 6.07) is 15.4. The van der Waals surface area contributed by atoms with Crippen molar-refractivity contribution in [2.24, 2.45) is 11.8 Å². The van der Waals surface area contributed by atoms with Gasteiger partial charge in [-0.1, -0.05) is 76.9 Å². The van der Waals surface area contributed by atoms with Crippen LogP contribution >= 0.6 is 0 Å². The predicted molar refractivity (Wildman–Crippen MR) is 171 cm³/mol. The molecule has 0 aliphatic rings. The van der Waals surface area contributed by atoms with Gasteiger partial charge in [-0.25, -0.2) is 4.79 Å². The van der Waals surface area contributed by atoms with Crippen LogP contribution in [0.4, 0.5) is 4.79 Å². The van der Waals surface area contributed by atoms with E-state index in [0.717, 1.165) is 58.6 Å². The minimum Gasteiger partial charge on any atom is -0.481 e. The minimum atomic E-state index is -0.729. The number of aromatic amines is 1. The van der Waals surface area contributed by atoms with Crippen LogP contribution in [0.5, 0.6) is 0 Å². The summed E-state index contributed by atoms with van der Waals surface area (Å²) >= 11 is 0. The third-order valence-corrected chi connectivity index (χ3v) is 8.56. The number of aromatic nitrogens is 2. The van der Waals surface area contributed by atoms with Crippen molar-refractivity contribution < 1.29 is 29.0 Å². The van der Waals surface area contributed by atoms with Gasteiger partial charge in [0.15, 0.2) is 0 Å². The number of carbonyl (C=O) groups excluding carboxylic acids is 2. The quantitative estimate of drug-likeness (QED) is 0.160. The highest BCUT2D eigenvalue weighted by Gasteiger charge is 2.27. The maximum atomic E-state index is 12.4. The van der Waals surface area contributed by atoms with Gasteiger partial charge in [-0.05, 0) is 60.8 Å². The molecule has 0 aliphatic carbocycles. The van der Waals surface area contributed by atoms with Gasteiger partial charge in [0.1, 0.15) is 0 Å². The average molecular weight is 591 g/mol. The number of ether oxygens (including phenoxy) is 2. The van der Waals surface area contributed by atoms with Gasteiger partial charge in [-0.2, -0.15) is 0 Å². The number of benzene rings is 2. The number of hydrogen-bond donors (Lipinski definition) is 2. The fourth-order valence-electron chi connectivity index (χ4n) is 5.38. The Morgan fingerprint density at radius 3 is 1.95 bits per heavy atom. The molecule has 0 bridgehead atoms. The zero-order valence-electron chi connectivity index (χ0n) is 26.3. The summed E-state index contributed by atoms with van der Waals surface area (Å²) in [6.45, 7) is 8.63. The number of H-pyrrole nitrogens is 1. The molecule has 0 aliphatic heterocycles. The number of methoxy groups -OCH3 is 2. The topological polar surface area (TPSA) is 111 Å². The Morgan fingerprint density at radius 2 is 1.37 bits per heavy atom. The molecule has 2 N–H and O–H groups in total. The highest BCUT2D eigenvalue weighted by molar-refractivity contribution is 5.95. The van der Waals surface area contributed by atoms with Crippen LogP contribution in [-0.4, -0.2) is 46.9 Å². The molecule has 8 heteroatoms. The Bertz CT molecular complexity index is 1500. The van der Waals surface area contributed by atoms with Crippen LogP contribution in [0.15, 0.2) is 60.9 Å². The molecule has 0 spiro atoms. The van der Waals surface area contributed by atoms with Crippen molar-refractivity contribution >= 4 is 39.8 Å². The molecule has 232 valence electrons. The summed E-state index contributed by atoms with van der Waals surface area (Å²) in [5.74, 6) is -0.692. The van der Waals surface area contributed by atoms with Gasteiger partial charge in [0.25, 0.3) is 0 Å². The zero-order chi connectivity index (χ0) is 31.5. The second-order valence-electron chi connectivity index (χ2n) is 11.4. The fourth-order valence-corrected chi connectivity index (χ4v) is 5.38. The molecule has 4 atom stereocenters. The molecule has 4 rings (SSSR count). The lowest BCUT2D eigenvalue weighted by molar-refractivity contribution is -0.142. The number of carboxylic acids is 1. The molecule has 0 fully saturated rings. The predicted octanol–water partition coefficient (Wildman–Crippen LogP) is 8.50. The average Bonchev–Trinajstić information content (AvgIpc) is 3.63. The number of para-hydroxylation sites is 2. The normalized spacial score (nSPS) is 13.9. The molecule has 0 saturated carbocycles. The van der Waals surface area contributed by atoms with E-state index in [1.807, 2.05) is 54.7 Å². The third kappa shape index (κ3) is 8.27. The molecular formula is C35H46N2O6. The number of carboxylic acid groups (broad SMARTS) is 1. The van der Waals surface area contributed by atoms with Crippen LogP contribution in [0, 0.1) is 11.8 Å². The summed E-state index contributed by atoms with van der Waals surface area (Å²) < 4.78 is 11.3. The van der Waals surface area contributed by atoms with Gasteiger partial charge in [-0.3, -0.25) is 14.2 Å². The second kappa shape index (κ2) is 16.0. The molecule has 4 aromatic rings. The number of nitrogens with zero attached hydrogens (tertiary/aromatic N) is 1. The van der Waals surface area contributed by atoms with Gasteiger partial charge < -0.3 is 19.6 Å². The van der Waals surface area contributed by atoms with E-state index in [4.69, 9.17) is 9.47 Å². The van der Waals surface area contributed by atoms with E-state index < -0.39 is 18.0 Å². The molecule has 0 amide bonds. The first-order valence-electron chi connectivity index (χ1n) is 15.2. The van der Waals surface area contributed by atoms with Crippen LogP contribution in [0.2, 0.25) is 0 Å². The number of hydrogen-bond acceptors (Lipinski definition) is 5. The van der Waals surface area contributed by atoms with E-state index in [1.54, 1.807) is 6.20 Å². The first-order valence-corrected chi connectivity index (χ1v) is 15.2. The van der Waals surface area contributed by atoms with Crippen molar-refractivity contribution in [1.82, 2.24) is 9.55 Å². The Kier molecular flexibility index (Phi) is 12.4. The van der Waals surface area contributed by atoms with Gasteiger partial charge in [0, 0.05) is 28.7 Å².